The molecule has 1 rings (SSSR count). The standard InChI is InChI=1S/C12H18Cl2N2O3S/c1-3-16(7-8-19-4-2)20(17,18)10-6-5-9(13)12(15)11(10)14/h5-6H,3-4,7-8,15H2,1-2H3. The van der Waals surface area contributed by atoms with E-state index in [4.69, 9.17) is 33.7 Å². The Morgan fingerprint density at radius 3 is 2.50 bits per heavy atom. The second kappa shape index (κ2) is 7.47. The van der Waals surface area contributed by atoms with Gasteiger partial charge in [-0.25, -0.2) is 8.42 Å². The summed E-state index contributed by atoms with van der Waals surface area (Å²) in [4.78, 5) is -0.0422. The third-order valence-electron chi connectivity index (χ3n) is 2.75. The molecule has 0 heterocycles. The van der Waals surface area contributed by atoms with Crippen molar-refractivity contribution in [1.29, 1.82) is 0 Å². The first-order valence-electron chi connectivity index (χ1n) is 6.17. The molecule has 0 saturated carbocycles. The van der Waals surface area contributed by atoms with E-state index >= 15 is 0 Å². The molecule has 2 N–H and O–H groups in total. The molecule has 0 unspecified atom stereocenters. The maximum absolute atomic E-state index is 12.5. The molecule has 0 spiro atoms. The fourth-order valence-corrected chi connectivity index (χ4v) is 3.82. The highest BCUT2D eigenvalue weighted by atomic mass is 35.5. The third-order valence-corrected chi connectivity index (χ3v) is 5.62. The lowest BCUT2D eigenvalue weighted by Gasteiger charge is -2.21. The first-order valence-corrected chi connectivity index (χ1v) is 8.37. The van der Waals surface area contributed by atoms with Crippen LogP contribution in [0.5, 0.6) is 0 Å². The highest BCUT2D eigenvalue weighted by Crippen LogP contribution is 2.34. The molecule has 0 bridgehead atoms. The van der Waals surface area contributed by atoms with Crippen molar-refractivity contribution in [1.82, 2.24) is 4.31 Å². The molecular formula is C12H18Cl2N2O3S. The van der Waals surface area contributed by atoms with Gasteiger partial charge in [0.1, 0.15) is 4.90 Å². The molecule has 0 aliphatic carbocycles. The van der Waals surface area contributed by atoms with Gasteiger partial charge in [0, 0.05) is 19.7 Å². The number of ether oxygens (including phenoxy) is 1. The topological polar surface area (TPSA) is 72.6 Å². The van der Waals surface area contributed by atoms with E-state index in [-0.39, 0.29) is 27.2 Å². The van der Waals surface area contributed by atoms with Gasteiger partial charge in [-0.15, -0.1) is 0 Å². The molecule has 0 fully saturated rings. The molecule has 0 aliphatic heterocycles. The van der Waals surface area contributed by atoms with Crippen LogP contribution in [-0.4, -0.2) is 39.0 Å². The predicted octanol–water partition coefficient (Wildman–Crippen LogP) is 2.62. The smallest absolute Gasteiger partial charge is 0.244 e. The van der Waals surface area contributed by atoms with Crippen LogP contribution in [-0.2, 0) is 14.8 Å². The van der Waals surface area contributed by atoms with Gasteiger partial charge in [0.2, 0.25) is 10.0 Å². The van der Waals surface area contributed by atoms with Crippen molar-refractivity contribution in [2.45, 2.75) is 18.7 Å². The Labute approximate surface area is 129 Å². The Balaban J connectivity index is 3.11. The lowest BCUT2D eigenvalue weighted by molar-refractivity contribution is 0.135. The van der Waals surface area contributed by atoms with Crippen LogP contribution in [0.4, 0.5) is 5.69 Å². The largest absolute Gasteiger partial charge is 0.396 e. The Kier molecular flexibility index (Phi) is 6.54. The second-order valence-corrected chi connectivity index (χ2v) is 6.66. The lowest BCUT2D eigenvalue weighted by atomic mass is 10.3. The number of nitrogen functional groups attached to an aromatic ring is 1. The van der Waals surface area contributed by atoms with Gasteiger partial charge in [-0.05, 0) is 19.1 Å². The number of halogens is 2. The average Bonchev–Trinajstić information content (AvgIpc) is 2.40. The molecule has 5 nitrogen and oxygen atoms in total. The normalized spacial score (nSPS) is 12.1. The molecular weight excluding hydrogens is 323 g/mol. The summed E-state index contributed by atoms with van der Waals surface area (Å²) >= 11 is 11.8. The lowest BCUT2D eigenvalue weighted by Crippen LogP contribution is -2.34. The van der Waals surface area contributed by atoms with E-state index < -0.39 is 10.0 Å². The number of hydrogen-bond acceptors (Lipinski definition) is 4. The summed E-state index contributed by atoms with van der Waals surface area (Å²) in [7, 11) is -3.72. The van der Waals surface area contributed by atoms with Crippen LogP contribution in [0.1, 0.15) is 13.8 Å². The molecule has 0 saturated heterocycles. The number of hydrogen-bond donors (Lipinski definition) is 1. The van der Waals surface area contributed by atoms with Crippen molar-refractivity contribution in [2.24, 2.45) is 0 Å². The van der Waals surface area contributed by atoms with Crippen molar-refractivity contribution in [3.63, 3.8) is 0 Å². The van der Waals surface area contributed by atoms with Crippen molar-refractivity contribution >= 4 is 38.9 Å². The van der Waals surface area contributed by atoms with Crippen LogP contribution in [0.25, 0.3) is 0 Å². The highest BCUT2D eigenvalue weighted by molar-refractivity contribution is 7.89. The Morgan fingerprint density at radius 2 is 1.95 bits per heavy atom. The van der Waals surface area contributed by atoms with Crippen LogP contribution < -0.4 is 5.73 Å². The summed E-state index contributed by atoms with van der Waals surface area (Å²) in [5, 5.41) is 0.179. The quantitative estimate of drug-likeness (QED) is 0.611. The number of nitrogens with two attached hydrogens (primary N) is 1. The zero-order valence-electron chi connectivity index (χ0n) is 11.4. The van der Waals surface area contributed by atoms with Crippen LogP contribution in [0.15, 0.2) is 17.0 Å². The van der Waals surface area contributed by atoms with E-state index in [1.807, 2.05) is 6.92 Å². The summed E-state index contributed by atoms with van der Waals surface area (Å²) in [5.41, 5.74) is 5.74. The van der Waals surface area contributed by atoms with Crippen LogP contribution in [0.2, 0.25) is 10.0 Å². The zero-order chi connectivity index (χ0) is 15.3. The van der Waals surface area contributed by atoms with E-state index in [9.17, 15) is 8.42 Å². The molecule has 0 radical (unpaired) electrons. The molecule has 0 amide bonds. The maximum atomic E-state index is 12.5. The highest BCUT2D eigenvalue weighted by Gasteiger charge is 2.26. The van der Waals surface area contributed by atoms with Crippen molar-refractivity contribution < 1.29 is 13.2 Å². The van der Waals surface area contributed by atoms with Gasteiger partial charge >= 0.3 is 0 Å². The minimum absolute atomic E-state index is 0.0422. The number of benzene rings is 1. The Hall–Kier alpha value is -0.530. The van der Waals surface area contributed by atoms with E-state index in [0.717, 1.165) is 0 Å². The first kappa shape index (κ1) is 17.5. The molecule has 1 aromatic carbocycles. The second-order valence-electron chi connectivity index (χ2n) is 3.97. The fraction of sp³-hybridized carbons (Fsp3) is 0.500. The van der Waals surface area contributed by atoms with E-state index in [0.29, 0.717) is 19.8 Å². The van der Waals surface area contributed by atoms with Gasteiger partial charge < -0.3 is 10.5 Å². The van der Waals surface area contributed by atoms with Gasteiger partial charge in [-0.1, -0.05) is 30.1 Å². The molecule has 0 aliphatic rings. The van der Waals surface area contributed by atoms with Crippen molar-refractivity contribution in [3.8, 4) is 0 Å². The number of nitrogens with zero attached hydrogens (tertiary/aromatic N) is 1. The number of sulfonamides is 1. The monoisotopic (exact) mass is 340 g/mol. The minimum atomic E-state index is -3.72. The summed E-state index contributed by atoms with van der Waals surface area (Å²) < 4.78 is 31.5. The van der Waals surface area contributed by atoms with Crippen LogP contribution in [0, 0.1) is 0 Å². The zero-order valence-corrected chi connectivity index (χ0v) is 13.7. The van der Waals surface area contributed by atoms with Gasteiger partial charge in [0.15, 0.2) is 0 Å². The van der Waals surface area contributed by atoms with Crippen molar-refractivity contribution in [2.75, 3.05) is 32.0 Å². The molecule has 0 atom stereocenters. The Morgan fingerprint density at radius 1 is 1.30 bits per heavy atom. The summed E-state index contributed by atoms with van der Waals surface area (Å²) in [6.07, 6.45) is 0. The third kappa shape index (κ3) is 3.77. The van der Waals surface area contributed by atoms with Gasteiger partial charge in [-0.3, -0.25) is 0 Å². The van der Waals surface area contributed by atoms with Gasteiger partial charge in [0.05, 0.1) is 22.3 Å². The van der Waals surface area contributed by atoms with Crippen LogP contribution in [0.3, 0.4) is 0 Å². The number of anilines is 1. The van der Waals surface area contributed by atoms with E-state index in [1.165, 1.54) is 16.4 Å². The number of rotatable bonds is 7. The van der Waals surface area contributed by atoms with E-state index in [1.54, 1.807) is 6.92 Å². The number of likely N-dealkylation sites (N-methyl/N-ethyl adjacent to an activating group) is 1. The van der Waals surface area contributed by atoms with Gasteiger partial charge in [-0.2, -0.15) is 4.31 Å². The first-order chi connectivity index (χ1) is 9.36. The molecule has 20 heavy (non-hydrogen) atoms. The van der Waals surface area contributed by atoms with Gasteiger partial charge in [0.25, 0.3) is 0 Å². The molecule has 1 aromatic rings. The average molecular weight is 341 g/mol. The van der Waals surface area contributed by atoms with Crippen molar-refractivity contribution in [3.05, 3.63) is 22.2 Å². The summed E-state index contributed by atoms with van der Waals surface area (Å²) in [6, 6.07) is 2.78. The fourth-order valence-electron chi connectivity index (χ4n) is 1.65. The molecule has 0 aromatic heterocycles. The summed E-state index contributed by atoms with van der Waals surface area (Å²) in [5.74, 6) is 0. The molecule has 8 heteroatoms. The maximum Gasteiger partial charge on any atom is 0.244 e. The molecule has 114 valence electrons. The van der Waals surface area contributed by atoms with E-state index in [2.05, 4.69) is 0 Å². The minimum Gasteiger partial charge on any atom is -0.396 e. The SMILES string of the molecule is CCOCCN(CC)S(=O)(=O)c1ccc(Cl)c(N)c1Cl. The van der Waals surface area contributed by atoms with Crippen LogP contribution >= 0.6 is 23.2 Å². The predicted molar refractivity (Wildman–Crippen MR) is 81.8 cm³/mol. The Bertz CT molecular complexity index is 564. The summed E-state index contributed by atoms with van der Waals surface area (Å²) in [6.45, 7) is 5.02.